The standard InChI is InChI=1S/C25H18F3NO2/c1-31-21-15-9-8-14-20(21)29-22(25(26,27)28)16-19(23(29)17-10-4-2-5-11-17)24(30)18-12-6-3-7-13-18/h2-16H,1H3. The van der Waals surface area contributed by atoms with E-state index in [0.717, 1.165) is 10.6 Å². The van der Waals surface area contributed by atoms with Crippen molar-refractivity contribution >= 4 is 5.78 Å². The van der Waals surface area contributed by atoms with Gasteiger partial charge in [-0.15, -0.1) is 0 Å². The fraction of sp³-hybridized carbons (Fsp3) is 0.0800. The first-order chi connectivity index (χ1) is 14.9. The second-order valence-corrected chi connectivity index (χ2v) is 6.86. The topological polar surface area (TPSA) is 31.2 Å². The predicted molar refractivity (Wildman–Crippen MR) is 113 cm³/mol. The Hall–Kier alpha value is -3.80. The van der Waals surface area contributed by atoms with Crippen molar-refractivity contribution < 1.29 is 22.7 Å². The van der Waals surface area contributed by atoms with Gasteiger partial charge in [0.15, 0.2) is 5.78 Å². The van der Waals surface area contributed by atoms with Gasteiger partial charge in [0.05, 0.1) is 18.5 Å². The Labute approximate surface area is 177 Å². The van der Waals surface area contributed by atoms with E-state index in [1.54, 1.807) is 78.9 Å². The van der Waals surface area contributed by atoms with E-state index in [1.165, 1.54) is 13.2 Å². The fourth-order valence-corrected chi connectivity index (χ4v) is 3.58. The summed E-state index contributed by atoms with van der Waals surface area (Å²) >= 11 is 0. The number of para-hydroxylation sites is 2. The number of alkyl halides is 3. The summed E-state index contributed by atoms with van der Waals surface area (Å²) in [5.74, 6) is -0.224. The van der Waals surface area contributed by atoms with E-state index in [1.807, 2.05) is 0 Å². The van der Waals surface area contributed by atoms with E-state index in [-0.39, 0.29) is 22.7 Å². The number of carbonyl (C=O) groups excluding carboxylic acids is 1. The van der Waals surface area contributed by atoms with Crippen molar-refractivity contribution in [1.29, 1.82) is 0 Å². The SMILES string of the molecule is COc1ccccc1-n1c(C(F)(F)F)cc(C(=O)c2ccccc2)c1-c1ccccc1. The zero-order valence-corrected chi connectivity index (χ0v) is 16.6. The number of hydrogen-bond acceptors (Lipinski definition) is 2. The summed E-state index contributed by atoms with van der Waals surface area (Å²) < 4.78 is 48.9. The summed E-state index contributed by atoms with van der Waals surface area (Å²) in [7, 11) is 1.40. The first-order valence-corrected chi connectivity index (χ1v) is 9.53. The number of ketones is 1. The van der Waals surface area contributed by atoms with E-state index in [0.29, 0.717) is 11.1 Å². The van der Waals surface area contributed by atoms with Crippen molar-refractivity contribution in [1.82, 2.24) is 4.57 Å². The van der Waals surface area contributed by atoms with Crippen LogP contribution in [0.25, 0.3) is 16.9 Å². The maximum Gasteiger partial charge on any atom is 0.431 e. The second kappa shape index (κ2) is 8.14. The number of methoxy groups -OCH3 is 1. The highest BCUT2D eigenvalue weighted by molar-refractivity contribution is 6.13. The maximum atomic E-state index is 14.2. The molecule has 0 saturated heterocycles. The van der Waals surface area contributed by atoms with Crippen LogP contribution in [0.4, 0.5) is 13.2 Å². The molecule has 156 valence electrons. The number of hydrogen-bond donors (Lipinski definition) is 0. The van der Waals surface area contributed by atoms with Gasteiger partial charge in [-0.1, -0.05) is 72.8 Å². The molecular formula is C25H18F3NO2. The highest BCUT2D eigenvalue weighted by Gasteiger charge is 2.39. The van der Waals surface area contributed by atoms with Crippen LogP contribution in [-0.4, -0.2) is 17.5 Å². The molecule has 31 heavy (non-hydrogen) atoms. The van der Waals surface area contributed by atoms with Gasteiger partial charge in [-0.3, -0.25) is 4.79 Å². The quantitative estimate of drug-likeness (QED) is 0.349. The molecule has 0 radical (unpaired) electrons. The molecule has 6 heteroatoms. The van der Waals surface area contributed by atoms with E-state index >= 15 is 0 Å². The molecule has 1 aromatic heterocycles. The lowest BCUT2D eigenvalue weighted by Gasteiger charge is -2.18. The van der Waals surface area contributed by atoms with Gasteiger partial charge < -0.3 is 9.30 Å². The molecule has 3 aromatic carbocycles. The Balaban J connectivity index is 2.10. The normalized spacial score (nSPS) is 11.4. The minimum atomic E-state index is -4.69. The van der Waals surface area contributed by atoms with Crippen molar-refractivity contribution in [2.24, 2.45) is 0 Å². The van der Waals surface area contributed by atoms with E-state index in [4.69, 9.17) is 4.74 Å². The van der Waals surface area contributed by atoms with Crippen molar-refractivity contribution in [3.8, 4) is 22.7 Å². The van der Waals surface area contributed by atoms with Crippen LogP contribution < -0.4 is 4.74 Å². The molecule has 0 amide bonds. The smallest absolute Gasteiger partial charge is 0.431 e. The van der Waals surface area contributed by atoms with Gasteiger partial charge in [-0.2, -0.15) is 13.2 Å². The van der Waals surface area contributed by atoms with Gasteiger partial charge >= 0.3 is 6.18 Å². The number of carbonyl (C=O) groups is 1. The average molecular weight is 421 g/mol. The van der Waals surface area contributed by atoms with Crippen LogP contribution >= 0.6 is 0 Å². The summed E-state index contributed by atoms with van der Waals surface area (Å²) in [6.07, 6.45) is -4.69. The molecule has 0 bridgehead atoms. The lowest BCUT2D eigenvalue weighted by molar-refractivity contribution is -0.142. The van der Waals surface area contributed by atoms with Crippen molar-refractivity contribution in [2.75, 3.05) is 7.11 Å². The highest BCUT2D eigenvalue weighted by Crippen LogP contribution is 2.41. The lowest BCUT2D eigenvalue weighted by atomic mass is 10.00. The molecule has 0 unspecified atom stereocenters. The number of halogens is 3. The zero-order valence-electron chi connectivity index (χ0n) is 16.6. The number of benzene rings is 3. The number of rotatable bonds is 5. The molecule has 0 aliphatic carbocycles. The van der Waals surface area contributed by atoms with Crippen LogP contribution in [-0.2, 0) is 6.18 Å². The largest absolute Gasteiger partial charge is 0.495 e. The van der Waals surface area contributed by atoms with Crippen LogP contribution in [0.1, 0.15) is 21.6 Å². The van der Waals surface area contributed by atoms with E-state index in [9.17, 15) is 18.0 Å². The Morgan fingerprint density at radius 3 is 2.03 bits per heavy atom. The summed E-state index contributed by atoms with van der Waals surface area (Å²) in [4.78, 5) is 13.3. The molecule has 4 aromatic rings. The average Bonchev–Trinajstić information content (AvgIpc) is 3.20. The summed E-state index contributed by atoms with van der Waals surface area (Å²) in [6, 6.07) is 24.2. The van der Waals surface area contributed by atoms with Crippen LogP contribution in [0, 0.1) is 0 Å². The fourth-order valence-electron chi connectivity index (χ4n) is 3.58. The third kappa shape index (κ3) is 3.84. The monoisotopic (exact) mass is 421 g/mol. The molecule has 0 saturated carbocycles. The minimum absolute atomic E-state index is 0.0318. The lowest BCUT2D eigenvalue weighted by Crippen LogP contribution is -2.13. The van der Waals surface area contributed by atoms with Gasteiger partial charge in [-0.25, -0.2) is 0 Å². The number of ether oxygens (including phenoxy) is 1. The van der Waals surface area contributed by atoms with E-state index < -0.39 is 17.7 Å². The van der Waals surface area contributed by atoms with Crippen LogP contribution in [0.3, 0.4) is 0 Å². The predicted octanol–water partition coefficient (Wildman–Crippen LogP) is 6.40. The van der Waals surface area contributed by atoms with Crippen LogP contribution in [0.2, 0.25) is 0 Å². The molecule has 4 rings (SSSR count). The highest BCUT2D eigenvalue weighted by atomic mass is 19.4. The number of aromatic nitrogens is 1. The Bertz CT molecular complexity index is 1210. The Morgan fingerprint density at radius 1 is 0.839 bits per heavy atom. The number of nitrogens with zero attached hydrogens (tertiary/aromatic N) is 1. The second-order valence-electron chi connectivity index (χ2n) is 6.86. The Kier molecular flexibility index (Phi) is 5.38. The molecule has 0 aliphatic heterocycles. The molecule has 3 nitrogen and oxygen atoms in total. The maximum absolute atomic E-state index is 14.2. The van der Waals surface area contributed by atoms with E-state index in [2.05, 4.69) is 0 Å². The molecule has 0 spiro atoms. The summed E-state index contributed by atoms with van der Waals surface area (Å²) in [6.45, 7) is 0. The first-order valence-electron chi connectivity index (χ1n) is 9.53. The zero-order chi connectivity index (χ0) is 22.0. The third-order valence-electron chi connectivity index (χ3n) is 4.95. The molecule has 0 aliphatic rings. The van der Waals surface area contributed by atoms with Crippen molar-refractivity contribution in [3.63, 3.8) is 0 Å². The van der Waals surface area contributed by atoms with Crippen molar-refractivity contribution in [3.05, 3.63) is 108 Å². The molecule has 0 fully saturated rings. The minimum Gasteiger partial charge on any atom is -0.495 e. The molecule has 0 atom stereocenters. The van der Waals surface area contributed by atoms with Gasteiger partial charge in [0.1, 0.15) is 11.4 Å². The van der Waals surface area contributed by atoms with Crippen LogP contribution in [0.5, 0.6) is 5.75 Å². The Morgan fingerprint density at radius 2 is 1.42 bits per heavy atom. The van der Waals surface area contributed by atoms with Gasteiger partial charge in [-0.05, 0) is 23.8 Å². The molecule has 1 heterocycles. The third-order valence-corrected chi connectivity index (χ3v) is 4.95. The summed E-state index contributed by atoms with van der Waals surface area (Å²) in [5, 5.41) is 0. The van der Waals surface area contributed by atoms with Crippen LogP contribution in [0.15, 0.2) is 91.0 Å². The van der Waals surface area contributed by atoms with Gasteiger partial charge in [0.2, 0.25) is 0 Å². The summed E-state index contributed by atoms with van der Waals surface area (Å²) in [5.41, 5.74) is 0.175. The molecule has 0 N–H and O–H groups in total. The van der Waals surface area contributed by atoms with Gasteiger partial charge in [0.25, 0.3) is 0 Å². The van der Waals surface area contributed by atoms with Gasteiger partial charge in [0, 0.05) is 11.1 Å². The first kappa shape index (κ1) is 20.5. The molecular weight excluding hydrogens is 403 g/mol. The van der Waals surface area contributed by atoms with Crippen molar-refractivity contribution in [2.45, 2.75) is 6.18 Å².